The third-order valence-corrected chi connectivity index (χ3v) is 16.2. The summed E-state index contributed by atoms with van der Waals surface area (Å²) < 4.78 is 5.17. The molecule has 1 saturated carbocycles. The lowest BCUT2D eigenvalue weighted by molar-refractivity contribution is 0.353. The molecule has 2 aliphatic carbocycles. The smallest absolute Gasteiger partial charge is 0.160 e. The number of benzene rings is 9. The topological polar surface area (TPSA) is 30.7 Å². The molecular formula is C64H45N3S. The zero-order valence-electron chi connectivity index (χ0n) is 37.5. The first-order valence-corrected chi connectivity index (χ1v) is 24.8. The predicted octanol–water partition coefficient (Wildman–Crippen LogP) is 17.5. The van der Waals surface area contributed by atoms with Crippen molar-refractivity contribution in [2.24, 2.45) is 0 Å². The van der Waals surface area contributed by atoms with E-state index in [1.165, 1.54) is 119 Å². The summed E-state index contributed by atoms with van der Waals surface area (Å²) in [6.07, 6.45) is 6.30. The molecule has 0 amide bonds. The van der Waals surface area contributed by atoms with Gasteiger partial charge in [-0.05, 0) is 106 Å². The van der Waals surface area contributed by atoms with Crippen molar-refractivity contribution in [3.63, 3.8) is 0 Å². The third-order valence-electron chi connectivity index (χ3n) is 15.0. The summed E-state index contributed by atoms with van der Waals surface area (Å²) in [5, 5.41) is 5.25. The van der Waals surface area contributed by atoms with Gasteiger partial charge >= 0.3 is 0 Å². The summed E-state index contributed by atoms with van der Waals surface area (Å²) in [5.74, 6) is 0.710. The Morgan fingerprint density at radius 1 is 0.368 bits per heavy atom. The molecule has 0 radical (unpaired) electrons. The van der Waals surface area contributed by atoms with Gasteiger partial charge in [0.2, 0.25) is 0 Å². The average molecular weight is 888 g/mol. The SMILES string of the molecule is c1ccc(-c2ccc(-c3cc(-c4cccc(-c5ccc6c7cc8c(cc7n(-c7ccc9c(c7)sc7ccccc79)c6c5)-c5ccccc5C85CCCCC5)c4)nc(-c4ccccc4)n3)cc2)cc1. The largest absolute Gasteiger partial charge is 0.309 e. The van der Waals surface area contributed by atoms with Gasteiger partial charge in [0.05, 0.1) is 22.4 Å². The highest BCUT2D eigenvalue weighted by Crippen LogP contribution is 2.57. The number of thiophene rings is 1. The summed E-state index contributed by atoms with van der Waals surface area (Å²) in [6.45, 7) is 0. The maximum absolute atomic E-state index is 5.24. The van der Waals surface area contributed by atoms with Crippen LogP contribution in [0.1, 0.15) is 43.2 Å². The van der Waals surface area contributed by atoms with Crippen molar-refractivity contribution in [2.75, 3.05) is 0 Å². The van der Waals surface area contributed by atoms with Crippen LogP contribution in [-0.2, 0) is 5.41 Å². The second kappa shape index (κ2) is 15.6. The summed E-state index contributed by atoms with van der Waals surface area (Å²) in [6, 6.07) is 78.0. The molecule has 322 valence electrons. The molecule has 3 heterocycles. The number of rotatable bonds is 6. The van der Waals surface area contributed by atoms with Gasteiger partial charge in [0.15, 0.2) is 5.82 Å². The van der Waals surface area contributed by atoms with Crippen molar-refractivity contribution in [2.45, 2.75) is 37.5 Å². The molecule has 2 aliphatic rings. The molecule has 0 saturated heterocycles. The van der Waals surface area contributed by atoms with E-state index in [0.29, 0.717) is 5.82 Å². The first-order valence-electron chi connectivity index (χ1n) is 24.0. The van der Waals surface area contributed by atoms with Crippen molar-refractivity contribution in [1.82, 2.24) is 14.5 Å². The minimum absolute atomic E-state index is 0.0794. The fraction of sp³-hybridized carbons (Fsp3) is 0.0938. The van der Waals surface area contributed by atoms with Crippen LogP contribution in [0, 0.1) is 0 Å². The van der Waals surface area contributed by atoms with Gasteiger partial charge in [-0.3, -0.25) is 0 Å². The molecule has 0 bridgehead atoms. The first kappa shape index (κ1) is 39.3. The molecule has 1 spiro atoms. The van der Waals surface area contributed by atoms with Gasteiger partial charge in [0, 0.05) is 58.7 Å². The van der Waals surface area contributed by atoms with Gasteiger partial charge in [0.1, 0.15) is 0 Å². The normalized spacial score (nSPS) is 14.0. The zero-order chi connectivity index (χ0) is 44.8. The van der Waals surface area contributed by atoms with Gasteiger partial charge in [0.25, 0.3) is 0 Å². The fourth-order valence-electron chi connectivity index (χ4n) is 11.7. The van der Waals surface area contributed by atoms with E-state index in [4.69, 9.17) is 9.97 Å². The van der Waals surface area contributed by atoms with E-state index in [1.807, 2.05) is 17.4 Å². The number of hydrogen-bond donors (Lipinski definition) is 0. The third kappa shape index (κ3) is 6.24. The van der Waals surface area contributed by atoms with Crippen LogP contribution >= 0.6 is 11.3 Å². The molecular weight excluding hydrogens is 843 g/mol. The van der Waals surface area contributed by atoms with Crippen molar-refractivity contribution in [1.29, 1.82) is 0 Å². The first-order chi connectivity index (χ1) is 33.6. The van der Waals surface area contributed by atoms with Crippen LogP contribution < -0.4 is 0 Å². The Kier molecular flexibility index (Phi) is 9.00. The molecule has 1 fully saturated rings. The summed E-state index contributed by atoms with van der Waals surface area (Å²) in [4.78, 5) is 10.4. The Morgan fingerprint density at radius 3 is 1.82 bits per heavy atom. The van der Waals surface area contributed by atoms with E-state index in [9.17, 15) is 0 Å². The molecule has 68 heavy (non-hydrogen) atoms. The van der Waals surface area contributed by atoms with Crippen molar-refractivity contribution in [3.05, 3.63) is 223 Å². The summed E-state index contributed by atoms with van der Waals surface area (Å²) >= 11 is 1.88. The Hall–Kier alpha value is -7.92. The molecule has 0 N–H and O–H groups in total. The van der Waals surface area contributed by atoms with Crippen LogP contribution in [0.2, 0.25) is 0 Å². The van der Waals surface area contributed by atoms with Crippen molar-refractivity contribution < 1.29 is 0 Å². The van der Waals surface area contributed by atoms with Gasteiger partial charge in [-0.2, -0.15) is 0 Å². The van der Waals surface area contributed by atoms with E-state index in [2.05, 4.69) is 211 Å². The van der Waals surface area contributed by atoms with E-state index in [0.717, 1.165) is 33.6 Å². The fourth-order valence-corrected chi connectivity index (χ4v) is 12.9. The van der Waals surface area contributed by atoms with Crippen LogP contribution in [-0.4, -0.2) is 14.5 Å². The maximum atomic E-state index is 5.24. The Morgan fingerprint density at radius 2 is 0.985 bits per heavy atom. The molecule has 0 atom stereocenters. The van der Waals surface area contributed by atoms with Gasteiger partial charge < -0.3 is 4.57 Å². The summed E-state index contributed by atoms with van der Waals surface area (Å²) in [7, 11) is 0. The average Bonchev–Trinajstić information content (AvgIpc) is 4.03. The van der Waals surface area contributed by atoms with Crippen LogP contribution in [0.3, 0.4) is 0 Å². The molecule has 4 heteroatoms. The highest BCUT2D eigenvalue weighted by Gasteiger charge is 2.44. The zero-order valence-corrected chi connectivity index (χ0v) is 38.3. The number of fused-ring (bicyclic) bond motifs is 11. The monoisotopic (exact) mass is 887 g/mol. The lowest BCUT2D eigenvalue weighted by Gasteiger charge is -2.36. The Bertz CT molecular complexity index is 3930. The summed E-state index contributed by atoms with van der Waals surface area (Å²) in [5.41, 5.74) is 19.2. The number of aromatic nitrogens is 3. The van der Waals surface area contributed by atoms with E-state index >= 15 is 0 Å². The predicted molar refractivity (Wildman–Crippen MR) is 286 cm³/mol. The second-order valence-corrected chi connectivity index (χ2v) is 19.9. The lowest BCUT2D eigenvalue weighted by Crippen LogP contribution is -2.27. The second-order valence-electron chi connectivity index (χ2n) is 18.8. The minimum atomic E-state index is 0.0794. The van der Waals surface area contributed by atoms with E-state index in [-0.39, 0.29) is 5.41 Å². The minimum Gasteiger partial charge on any atom is -0.309 e. The highest BCUT2D eigenvalue weighted by molar-refractivity contribution is 7.25. The number of nitrogens with zero attached hydrogens (tertiary/aromatic N) is 3. The molecule has 12 aromatic rings. The Balaban J connectivity index is 0.936. The highest BCUT2D eigenvalue weighted by atomic mass is 32.1. The van der Waals surface area contributed by atoms with E-state index in [1.54, 1.807) is 0 Å². The van der Waals surface area contributed by atoms with Crippen LogP contribution in [0.4, 0.5) is 0 Å². The molecule has 9 aromatic carbocycles. The molecule has 3 nitrogen and oxygen atoms in total. The van der Waals surface area contributed by atoms with Crippen molar-refractivity contribution in [3.8, 4) is 73.0 Å². The molecule has 3 aromatic heterocycles. The van der Waals surface area contributed by atoms with E-state index < -0.39 is 0 Å². The van der Waals surface area contributed by atoms with Crippen LogP contribution in [0.15, 0.2) is 212 Å². The van der Waals surface area contributed by atoms with Gasteiger partial charge in [-0.25, -0.2) is 9.97 Å². The van der Waals surface area contributed by atoms with Gasteiger partial charge in [-0.1, -0.05) is 183 Å². The molecule has 0 aliphatic heterocycles. The maximum Gasteiger partial charge on any atom is 0.160 e. The lowest BCUT2D eigenvalue weighted by atomic mass is 9.68. The van der Waals surface area contributed by atoms with Crippen molar-refractivity contribution >= 4 is 53.3 Å². The van der Waals surface area contributed by atoms with Gasteiger partial charge in [-0.15, -0.1) is 11.3 Å². The Labute approximate surface area is 399 Å². The van der Waals surface area contributed by atoms with Crippen LogP contribution in [0.25, 0.3) is 115 Å². The molecule has 14 rings (SSSR count). The molecule has 0 unspecified atom stereocenters. The van der Waals surface area contributed by atoms with Crippen LogP contribution in [0.5, 0.6) is 0 Å². The standard InChI is InChI=1S/C64H45N3S/c1-4-15-41(16-5-1)42-25-27-43(28-26-42)57-40-58(66-63(65-57)44-17-6-2-7-18-44)47-20-14-19-45(35-47)46-29-31-50-54-38-56-53(49-21-8-10-23-55(49)64(56)33-12-3-13-34-64)39-60(54)67(59(50)36-46)48-30-32-52-51-22-9-11-24-61(51)68-62(52)37-48/h1-2,4-11,14-32,35-40H,3,12-13,33-34H2. The quantitative estimate of drug-likeness (QED) is 0.167. The number of hydrogen-bond acceptors (Lipinski definition) is 3.